The quantitative estimate of drug-likeness (QED) is 0.0123. The van der Waals surface area contributed by atoms with E-state index in [2.05, 4.69) is 0 Å². The van der Waals surface area contributed by atoms with Crippen LogP contribution in [0.3, 0.4) is 0 Å². The van der Waals surface area contributed by atoms with Gasteiger partial charge < -0.3 is 83.9 Å². The molecule has 0 unspecified atom stereocenters. The number of hydrogen-bond donors (Lipinski definition) is 9. The molecule has 2 aromatic carbocycles. The molecule has 0 aliphatic heterocycles. The number of carbonyl (C=O) groups is 7. The lowest BCUT2D eigenvalue weighted by Crippen LogP contribution is -2.46. The molecule has 0 saturated carbocycles. The zero-order valence-electron chi connectivity index (χ0n) is 43.0. The number of esters is 6. The highest BCUT2D eigenvalue weighted by Crippen LogP contribution is 2.35. The van der Waals surface area contributed by atoms with Crippen LogP contribution in [0.25, 0.3) is 12.2 Å². The van der Waals surface area contributed by atoms with Crippen LogP contribution < -0.4 is 18.9 Å². The van der Waals surface area contributed by atoms with Crippen molar-refractivity contribution in [3.8, 4) is 23.0 Å². The highest BCUT2D eigenvalue weighted by molar-refractivity contribution is 6.02. The summed E-state index contributed by atoms with van der Waals surface area (Å²) in [6.45, 7) is -2.27. The van der Waals surface area contributed by atoms with E-state index in [0.29, 0.717) is 11.1 Å². The van der Waals surface area contributed by atoms with E-state index in [9.17, 15) is 79.5 Å². The van der Waals surface area contributed by atoms with Crippen molar-refractivity contribution in [1.29, 1.82) is 0 Å². The maximum Gasteiger partial charge on any atom is 0.324 e. The first kappa shape index (κ1) is 64.3. The van der Waals surface area contributed by atoms with Gasteiger partial charge in [-0.15, -0.1) is 0 Å². The number of allylic oxidation sites excluding steroid dienone is 3. The van der Waals surface area contributed by atoms with E-state index in [1.807, 2.05) is 0 Å². The molecule has 24 nitrogen and oxygen atoms in total. The number of hydrogen-bond acceptors (Lipinski definition) is 24. The van der Waals surface area contributed by atoms with Crippen molar-refractivity contribution < 1.29 is 117 Å². The van der Waals surface area contributed by atoms with Crippen LogP contribution in [0.2, 0.25) is 0 Å². The summed E-state index contributed by atoms with van der Waals surface area (Å²) in [7, 11) is 2.50. The third-order valence-electron chi connectivity index (χ3n) is 11.8. The van der Waals surface area contributed by atoms with E-state index in [0.717, 1.165) is 12.2 Å². The van der Waals surface area contributed by atoms with Gasteiger partial charge in [0.2, 0.25) is 0 Å². The lowest BCUT2D eigenvalue weighted by atomic mass is 9.90. The van der Waals surface area contributed by atoms with Gasteiger partial charge in [0.25, 0.3) is 0 Å². The van der Waals surface area contributed by atoms with Crippen molar-refractivity contribution in [2.45, 2.75) is 41.5 Å². The highest BCUT2D eigenvalue weighted by atomic mass is 16.6. The van der Waals surface area contributed by atoms with Crippen molar-refractivity contribution in [3.05, 3.63) is 71.5 Å². The minimum absolute atomic E-state index is 0.0203. The summed E-state index contributed by atoms with van der Waals surface area (Å²) < 4.78 is 42.9. The number of methoxy groups -OCH3 is 2. The molecule has 0 radical (unpaired) electrons. The molecule has 0 atom stereocenters. The molecule has 24 heteroatoms. The van der Waals surface area contributed by atoms with Gasteiger partial charge in [-0.3, -0.25) is 33.6 Å². The molecule has 0 saturated heterocycles. The SMILES string of the molecule is COc1cc(/C=C/C(=O)/C=C(O)/C=C/c2ccc(OC(=O)C(C)(COC(=O)C(C)(CO)CO)COC(=O)C(C)(CO)CO)c(OC)c2)ccc1OC(=O)C(C)(COC(=O)C(C)(CO)CO)COC(=O)C(C)(CO)CO. The Balaban J connectivity index is 2.30. The molecule has 0 bridgehead atoms. The van der Waals surface area contributed by atoms with Crippen molar-refractivity contribution in [1.82, 2.24) is 0 Å². The van der Waals surface area contributed by atoms with Crippen molar-refractivity contribution in [2.75, 3.05) is 93.5 Å². The van der Waals surface area contributed by atoms with Gasteiger partial charge >= 0.3 is 35.8 Å². The number of aliphatic hydroxyl groups excluding tert-OH is 9. The molecule has 0 spiro atoms. The highest BCUT2D eigenvalue weighted by Gasteiger charge is 2.46. The lowest BCUT2D eigenvalue weighted by Gasteiger charge is -2.30. The third kappa shape index (κ3) is 17.1. The van der Waals surface area contributed by atoms with Gasteiger partial charge in [-0.2, -0.15) is 0 Å². The molecule has 0 fully saturated rings. The number of carbonyl (C=O) groups excluding carboxylic acids is 7. The number of ketones is 1. The molecular weight excluding hydrogens is 997 g/mol. The van der Waals surface area contributed by atoms with Gasteiger partial charge in [0, 0.05) is 6.08 Å². The van der Waals surface area contributed by atoms with Gasteiger partial charge in [0.05, 0.1) is 67.1 Å². The predicted molar refractivity (Wildman–Crippen MR) is 260 cm³/mol. The summed E-state index contributed by atoms with van der Waals surface area (Å²) >= 11 is 0. The maximum atomic E-state index is 13.7. The standard InChI is InChI=1S/C51H68O24/c1-46(20-52,21-53)40(62)70-28-50(5,29-71-41(63)47(2,22-54)23-55)44(66)74-36-15-11-32(17-38(36)68-7)9-13-34(60)19-35(61)14-10-33-12-16-37(39(18-33)69-8)75-45(67)51(6,30-72-42(64)48(3,24-56)25-57)31-73-43(65)49(4,26-58)27-59/h9-19,52-60H,20-31H2,1-8H3/b13-9+,14-10+,34-19-. The van der Waals surface area contributed by atoms with Crippen LogP contribution in [0.4, 0.5) is 0 Å². The fourth-order valence-corrected chi connectivity index (χ4v) is 5.42. The van der Waals surface area contributed by atoms with E-state index in [1.54, 1.807) is 0 Å². The Morgan fingerprint density at radius 1 is 0.413 bits per heavy atom. The molecule has 0 aliphatic carbocycles. The van der Waals surface area contributed by atoms with Crippen LogP contribution in [0.5, 0.6) is 23.0 Å². The summed E-state index contributed by atoms with van der Waals surface area (Å²) in [6, 6.07) is 8.25. The first-order valence-corrected chi connectivity index (χ1v) is 22.8. The fourth-order valence-electron chi connectivity index (χ4n) is 5.42. The van der Waals surface area contributed by atoms with Gasteiger partial charge in [0.15, 0.2) is 28.8 Å². The van der Waals surface area contributed by atoms with Gasteiger partial charge in [0.1, 0.15) is 64.7 Å². The van der Waals surface area contributed by atoms with Crippen LogP contribution in [-0.2, 0) is 52.5 Å². The van der Waals surface area contributed by atoms with E-state index < -0.39 is 159 Å². The molecule has 0 heterocycles. The zero-order chi connectivity index (χ0) is 57.0. The Bertz CT molecular complexity index is 2330. The Labute approximate surface area is 432 Å². The number of ether oxygens (including phenoxy) is 8. The normalized spacial score (nSPS) is 12.8. The van der Waals surface area contributed by atoms with E-state index >= 15 is 0 Å². The van der Waals surface area contributed by atoms with Crippen molar-refractivity contribution >= 4 is 53.8 Å². The van der Waals surface area contributed by atoms with Crippen molar-refractivity contribution in [2.24, 2.45) is 32.5 Å². The third-order valence-corrected chi connectivity index (χ3v) is 11.8. The van der Waals surface area contributed by atoms with Gasteiger partial charge in [-0.05, 0) is 89.1 Å². The molecule has 0 aliphatic rings. The number of aliphatic hydroxyl groups is 9. The smallest absolute Gasteiger partial charge is 0.324 e. The summed E-state index contributed by atoms with van der Waals surface area (Å²) in [4.78, 5) is 91.2. The van der Waals surface area contributed by atoms with Crippen molar-refractivity contribution in [3.63, 3.8) is 0 Å². The molecule has 2 rings (SSSR count). The van der Waals surface area contributed by atoms with E-state index in [4.69, 9.17) is 37.9 Å². The van der Waals surface area contributed by atoms with Crippen LogP contribution in [0.1, 0.15) is 52.7 Å². The topological polar surface area (TPSA) is 375 Å². The Kier molecular flexibility index (Phi) is 24.2. The maximum absolute atomic E-state index is 13.7. The first-order valence-electron chi connectivity index (χ1n) is 22.8. The molecule has 0 amide bonds. The van der Waals surface area contributed by atoms with Gasteiger partial charge in [-0.25, -0.2) is 0 Å². The predicted octanol–water partition coefficient (Wildman–Crippen LogP) is 0.401. The average molecular weight is 1070 g/mol. The zero-order valence-corrected chi connectivity index (χ0v) is 43.0. The summed E-state index contributed by atoms with van der Waals surface area (Å²) in [5.74, 6) is -8.12. The van der Waals surface area contributed by atoms with Gasteiger partial charge in [-0.1, -0.05) is 24.3 Å². The average Bonchev–Trinajstić information content (AvgIpc) is 3.42. The summed E-state index contributed by atoms with van der Waals surface area (Å²) in [6.07, 6.45) is 5.88. The largest absolute Gasteiger partial charge is 0.508 e. The molecule has 0 aromatic heterocycles. The first-order chi connectivity index (χ1) is 35.1. The van der Waals surface area contributed by atoms with E-state index in [-0.39, 0.29) is 23.0 Å². The molecular formula is C51H68O24. The molecule has 75 heavy (non-hydrogen) atoms. The minimum Gasteiger partial charge on any atom is -0.508 e. The second-order valence-corrected chi connectivity index (χ2v) is 19.2. The Hall–Kier alpha value is -6.77. The number of benzene rings is 2. The van der Waals surface area contributed by atoms with Crippen LogP contribution in [0.15, 0.2) is 60.4 Å². The van der Waals surface area contributed by atoms with E-state index in [1.165, 1.54) is 110 Å². The monoisotopic (exact) mass is 1060 g/mol. The van der Waals surface area contributed by atoms with Crippen LogP contribution in [0, 0.1) is 32.5 Å². The number of rotatable bonds is 31. The minimum atomic E-state index is -1.95. The van der Waals surface area contributed by atoms with Crippen LogP contribution >= 0.6 is 0 Å². The second kappa shape index (κ2) is 28.2. The summed E-state index contributed by atoms with van der Waals surface area (Å²) in [5.41, 5.74) is -10.2. The molecule has 416 valence electrons. The molecule has 2 aromatic rings. The Morgan fingerprint density at radius 2 is 0.693 bits per heavy atom. The molecule has 9 N–H and O–H groups in total. The lowest BCUT2D eigenvalue weighted by molar-refractivity contribution is -0.178. The Morgan fingerprint density at radius 3 is 0.960 bits per heavy atom. The van der Waals surface area contributed by atoms with Crippen LogP contribution in [-0.4, -0.2) is 181 Å². The fraction of sp³-hybridized carbons (Fsp3) is 0.510. The second-order valence-electron chi connectivity index (χ2n) is 19.2. The summed E-state index contributed by atoms with van der Waals surface area (Å²) in [5, 5.41) is 87.6.